The first-order valence-electron chi connectivity index (χ1n) is 17.9. The Morgan fingerprint density at radius 2 is 1.23 bits per heavy atom. The Bertz CT molecular complexity index is 2130. The van der Waals surface area contributed by atoms with Gasteiger partial charge >= 0.3 is 5.97 Å². The zero-order chi connectivity index (χ0) is 36.1. The number of nitrogens with zero attached hydrogens (tertiary/aromatic N) is 6. The first-order chi connectivity index (χ1) is 25.4. The van der Waals surface area contributed by atoms with Crippen molar-refractivity contribution in [2.45, 2.75) is 38.6 Å². The van der Waals surface area contributed by atoms with Gasteiger partial charge in [-0.05, 0) is 39.5 Å². The molecule has 0 spiro atoms. The summed E-state index contributed by atoms with van der Waals surface area (Å²) >= 11 is 0. The van der Waals surface area contributed by atoms with Crippen LogP contribution in [0.25, 0.3) is 22.5 Å². The Kier molecular flexibility index (Phi) is 9.74. The maximum absolute atomic E-state index is 13.2. The van der Waals surface area contributed by atoms with Crippen molar-refractivity contribution in [2.75, 3.05) is 20.7 Å². The molecule has 52 heavy (non-hydrogen) atoms. The molecular weight excluding hydrogens is 645 g/mol. The topological polar surface area (TPSA) is 82.3 Å². The number of tetrazole rings is 1. The number of aromatic nitrogens is 4. The Morgan fingerprint density at radius 3 is 1.75 bits per heavy atom. The molecule has 6 aromatic rings. The molecule has 5 aromatic carbocycles. The number of ether oxygens (including phenoxy) is 1. The van der Waals surface area contributed by atoms with Gasteiger partial charge in [0.15, 0.2) is 11.2 Å². The summed E-state index contributed by atoms with van der Waals surface area (Å²) in [7, 11) is 3.51. The Morgan fingerprint density at radius 1 is 0.712 bits per heavy atom. The number of hydrogen-bond acceptors (Lipinski definition) is 6. The SMILES string of the molecule is CCCC[N+]1(C)N=C(c2ccc(-c3ccccc3-c3nnn(C(c4ccccc4)(c4ccccc4)c4ccccc4)n3)cc2)C(C(=O)OC)=C1CC. The van der Waals surface area contributed by atoms with Crippen LogP contribution in [0.2, 0.25) is 0 Å². The van der Waals surface area contributed by atoms with Gasteiger partial charge in [-0.1, -0.05) is 165 Å². The van der Waals surface area contributed by atoms with E-state index in [4.69, 9.17) is 25.2 Å². The summed E-state index contributed by atoms with van der Waals surface area (Å²) in [5, 5.41) is 19.8. The molecule has 0 N–H and O–H groups in total. The molecule has 260 valence electrons. The maximum atomic E-state index is 13.2. The highest BCUT2D eigenvalue weighted by Crippen LogP contribution is 2.41. The van der Waals surface area contributed by atoms with E-state index in [2.05, 4.69) is 75.5 Å². The molecule has 0 radical (unpaired) electrons. The minimum Gasteiger partial charge on any atom is -0.465 e. The Labute approximate surface area is 305 Å². The minimum atomic E-state index is -0.875. The number of esters is 1. The summed E-state index contributed by atoms with van der Waals surface area (Å²) in [6, 6.07) is 47.3. The number of methoxy groups -OCH3 is 1. The maximum Gasteiger partial charge on any atom is 0.346 e. The molecule has 1 atom stereocenters. The van der Waals surface area contributed by atoms with E-state index < -0.39 is 5.54 Å². The van der Waals surface area contributed by atoms with Gasteiger partial charge in [-0.15, -0.1) is 15.0 Å². The lowest BCUT2D eigenvalue weighted by Gasteiger charge is -2.34. The molecule has 7 rings (SSSR count). The van der Waals surface area contributed by atoms with Crippen LogP contribution in [-0.4, -0.2) is 57.2 Å². The number of carbonyl (C=O) groups is 1. The van der Waals surface area contributed by atoms with E-state index in [0.29, 0.717) is 28.1 Å². The van der Waals surface area contributed by atoms with Crippen molar-refractivity contribution < 1.29 is 14.1 Å². The van der Waals surface area contributed by atoms with Crippen molar-refractivity contribution in [3.05, 3.63) is 173 Å². The second-order valence-corrected chi connectivity index (χ2v) is 13.2. The number of unbranched alkanes of at least 4 members (excludes halogenated alkanes) is 1. The van der Waals surface area contributed by atoms with Crippen LogP contribution in [0.4, 0.5) is 0 Å². The van der Waals surface area contributed by atoms with Crippen LogP contribution in [-0.2, 0) is 15.1 Å². The summed E-state index contributed by atoms with van der Waals surface area (Å²) in [4.78, 5) is 14.9. The predicted molar refractivity (Wildman–Crippen MR) is 205 cm³/mol. The average molecular weight is 688 g/mol. The third kappa shape index (κ3) is 6.05. The van der Waals surface area contributed by atoms with Gasteiger partial charge in [0, 0.05) is 17.5 Å². The molecule has 1 unspecified atom stereocenters. The molecule has 8 heteroatoms. The summed E-state index contributed by atoms with van der Waals surface area (Å²) in [5.41, 5.74) is 8.08. The monoisotopic (exact) mass is 687 g/mol. The number of benzene rings is 5. The van der Waals surface area contributed by atoms with E-state index in [9.17, 15) is 4.79 Å². The van der Waals surface area contributed by atoms with Crippen LogP contribution in [0, 0.1) is 0 Å². The second kappa shape index (κ2) is 14.7. The number of rotatable bonds is 12. The minimum absolute atomic E-state index is 0.352. The quantitative estimate of drug-likeness (QED) is 0.0731. The van der Waals surface area contributed by atoms with Gasteiger partial charge in [0.1, 0.15) is 17.8 Å². The molecule has 8 nitrogen and oxygen atoms in total. The van der Waals surface area contributed by atoms with E-state index in [-0.39, 0.29) is 5.97 Å². The zero-order valence-electron chi connectivity index (χ0n) is 30.1. The van der Waals surface area contributed by atoms with E-state index in [1.807, 2.05) is 84.9 Å². The van der Waals surface area contributed by atoms with Gasteiger partial charge in [0.25, 0.3) is 0 Å². The number of allylic oxidation sites excluding steroid dienone is 1. The van der Waals surface area contributed by atoms with Crippen molar-refractivity contribution >= 4 is 11.7 Å². The lowest BCUT2D eigenvalue weighted by molar-refractivity contribution is -0.878. The highest BCUT2D eigenvalue weighted by molar-refractivity contribution is 6.27. The Hall–Kier alpha value is -5.99. The molecule has 2 heterocycles. The summed E-state index contributed by atoms with van der Waals surface area (Å²) < 4.78 is 5.64. The summed E-state index contributed by atoms with van der Waals surface area (Å²) in [6.45, 7) is 5.07. The van der Waals surface area contributed by atoms with Crippen molar-refractivity contribution in [1.29, 1.82) is 0 Å². The number of hydrogen-bond donors (Lipinski definition) is 0. The largest absolute Gasteiger partial charge is 0.465 e. The van der Waals surface area contributed by atoms with Gasteiger partial charge in [-0.2, -0.15) is 4.59 Å². The molecule has 0 saturated heterocycles. The highest BCUT2D eigenvalue weighted by Gasteiger charge is 2.43. The first kappa shape index (κ1) is 34.5. The fourth-order valence-corrected chi connectivity index (χ4v) is 7.48. The third-order valence-electron chi connectivity index (χ3n) is 10.0. The van der Waals surface area contributed by atoms with Crippen LogP contribution in [0.5, 0.6) is 0 Å². The fourth-order valence-electron chi connectivity index (χ4n) is 7.48. The van der Waals surface area contributed by atoms with Crippen molar-refractivity contribution in [3.63, 3.8) is 0 Å². The lowest BCUT2D eigenvalue weighted by atomic mass is 9.77. The van der Waals surface area contributed by atoms with Crippen LogP contribution >= 0.6 is 0 Å². The van der Waals surface area contributed by atoms with Crippen LogP contribution in [0.15, 0.2) is 156 Å². The van der Waals surface area contributed by atoms with Crippen LogP contribution in [0.1, 0.15) is 55.4 Å². The zero-order valence-corrected chi connectivity index (χ0v) is 30.1. The van der Waals surface area contributed by atoms with E-state index in [0.717, 1.165) is 64.0 Å². The van der Waals surface area contributed by atoms with Gasteiger partial charge in [0.2, 0.25) is 5.82 Å². The Balaban J connectivity index is 1.31. The smallest absolute Gasteiger partial charge is 0.346 e. The normalized spacial score (nSPS) is 15.8. The molecule has 0 saturated carbocycles. The average Bonchev–Trinajstić information content (AvgIpc) is 3.81. The molecule has 0 amide bonds. The number of carbonyl (C=O) groups excluding carboxylic acids is 1. The molecule has 0 bridgehead atoms. The summed E-state index contributed by atoms with van der Waals surface area (Å²) in [6.07, 6.45) is 2.76. The standard InChI is InChI=1S/C44H43N6O2/c1-5-7-31-50(3)39(6-2)40(43(51)52-4)41(47-50)33-29-27-32(28-30-33)37-25-17-18-26-38(37)42-45-48-49(46-42)44(34-19-11-8-12-20-34,35-21-13-9-14-22-35)36-23-15-10-16-24-36/h8-30H,5-7,31H2,1-4H3/q+1. The molecule has 0 aliphatic carbocycles. The third-order valence-corrected chi connectivity index (χ3v) is 10.0. The van der Waals surface area contributed by atoms with Gasteiger partial charge < -0.3 is 4.74 Å². The van der Waals surface area contributed by atoms with Crippen molar-refractivity contribution in [3.8, 4) is 22.5 Å². The first-order valence-corrected chi connectivity index (χ1v) is 17.9. The molecule has 1 aliphatic heterocycles. The van der Waals surface area contributed by atoms with Crippen molar-refractivity contribution in [2.24, 2.45) is 5.10 Å². The van der Waals surface area contributed by atoms with Gasteiger partial charge in [-0.25, -0.2) is 4.79 Å². The second-order valence-electron chi connectivity index (χ2n) is 13.2. The molecule has 1 aromatic heterocycles. The number of quaternary nitrogens is 1. The van der Waals surface area contributed by atoms with Crippen molar-refractivity contribution in [1.82, 2.24) is 20.2 Å². The van der Waals surface area contributed by atoms with Gasteiger partial charge in [0.05, 0.1) is 14.2 Å². The fraction of sp³-hybridized carbons (Fsp3) is 0.205. The molecular formula is C44H43N6O2+. The van der Waals surface area contributed by atoms with Crippen LogP contribution in [0.3, 0.4) is 0 Å². The summed E-state index contributed by atoms with van der Waals surface area (Å²) in [5.74, 6) is 0.162. The molecule has 0 fully saturated rings. The van der Waals surface area contributed by atoms with E-state index >= 15 is 0 Å². The van der Waals surface area contributed by atoms with Gasteiger partial charge in [-0.3, -0.25) is 0 Å². The van der Waals surface area contributed by atoms with Crippen LogP contribution < -0.4 is 0 Å². The predicted octanol–water partition coefficient (Wildman–Crippen LogP) is 8.65. The van der Waals surface area contributed by atoms with E-state index in [1.54, 1.807) is 4.80 Å². The molecule has 1 aliphatic rings. The lowest BCUT2D eigenvalue weighted by Crippen LogP contribution is -2.39. The van der Waals surface area contributed by atoms with E-state index in [1.165, 1.54) is 7.11 Å². The highest BCUT2D eigenvalue weighted by atomic mass is 16.5.